The maximum Gasteiger partial charge on any atom is 0.332 e. The average molecular weight is 264 g/mol. The van der Waals surface area contributed by atoms with E-state index in [0.717, 1.165) is 4.57 Å². The van der Waals surface area contributed by atoms with E-state index >= 15 is 0 Å². The molecule has 0 aromatic carbocycles. The van der Waals surface area contributed by atoms with Crippen molar-refractivity contribution in [1.82, 2.24) is 13.7 Å². The molecule has 7 nitrogen and oxygen atoms in total. The molecule has 0 spiro atoms. The molecule has 0 aliphatic carbocycles. The summed E-state index contributed by atoms with van der Waals surface area (Å²) in [5, 5.41) is 0.358. The van der Waals surface area contributed by atoms with Gasteiger partial charge < -0.3 is 4.90 Å². The van der Waals surface area contributed by atoms with Crippen molar-refractivity contribution in [1.29, 1.82) is 0 Å². The van der Waals surface area contributed by atoms with Crippen LogP contribution in [0.1, 0.15) is 0 Å². The quantitative estimate of drug-likeness (QED) is 0.662. The Bertz CT molecular complexity index is 839. The highest BCUT2D eigenvalue weighted by atomic mass is 16.2. The fourth-order valence-corrected chi connectivity index (χ4v) is 2.19. The molecule has 0 radical (unpaired) electrons. The molecule has 0 unspecified atom stereocenters. The molecule has 2 rings (SSSR count). The average Bonchev–Trinajstić information content (AvgIpc) is 2.36. The van der Waals surface area contributed by atoms with Crippen molar-refractivity contribution < 1.29 is 0 Å². The summed E-state index contributed by atoms with van der Waals surface area (Å²) in [6, 6.07) is 1.40. The van der Waals surface area contributed by atoms with Crippen molar-refractivity contribution in [2.24, 2.45) is 21.1 Å². The molecule has 0 atom stereocenters. The maximum absolute atomic E-state index is 12.3. The molecule has 0 bridgehead atoms. The molecule has 19 heavy (non-hydrogen) atoms. The summed E-state index contributed by atoms with van der Waals surface area (Å²) in [5.74, 6) is 0. The van der Waals surface area contributed by atoms with Crippen LogP contribution in [0.4, 0.5) is 5.69 Å². The molecule has 0 saturated heterocycles. The van der Waals surface area contributed by atoms with E-state index < -0.39 is 11.2 Å². The van der Waals surface area contributed by atoms with Gasteiger partial charge in [-0.1, -0.05) is 0 Å². The van der Waals surface area contributed by atoms with Crippen LogP contribution in [0, 0.1) is 0 Å². The normalized spacial score (nSPS) is 11.0. The molecular formula is C12H16N4O3. The van der Waals surface area contributed by atoms with Gasteiger partial charge >= 0.3 is 5.69 Å². The van der Waals surface area contributed by atoms with Gasteiger partial charge in [-0.15, -0.1) is 0 Å². The summed E-state index contributed by atoms with van der Waals surface area (Å²) in [7, 11) is 8.01. The predicted molar refractivity (Wildman–Crippen MR) is 74.0 cm³/mol. The molecule has 0 aliphatic heterocycles. The Balaban J connectivity index is 3.30. The molecule has 0 amide bonds. The minimum atomic E-state index is -0.455. The van der Waals surface area contributed by atoms with Crippen LogP contribution in [0.2, 0.25) is 0 Å². The van der Waals surface area contributed by atoms with Crippen molar-refractivity contribution in [2.75, 3.05) is 19.0 Å². The van der Waals surface area contributed by atoms with Crippen molar-refractivity contribution in [2.45, 2.75) is 0 Å². The lowest BCUT2D eigenvalue weighted by atomic mass is 10.2. The lowest BCUT2D eigenvalue weighted by Gasteiger charge is -2.18. The van der Waals surface area contributed by atoms with Gasteiger partial charge in [0.25, 0.3) is 11.1 Å². The van der Waals surface area contributed by atoms with E-state index in [1.165, 1.54) is 22.2 Å². The van der Waals surface area contributed by atoms with Crippen LogP contribution in [-0.2, 0) is 21.1 Å². The zero-order valence-electron chi connectivity index (χ0n) is 11.6. The van der Waals surface area contributed by atoms with Gasteiger partial charge in [0, 0.05) is 41.3 Å². The lowest BCUT2D eigenvalue weighted by Crippen LogP contribution is -2.40. The highest BCUT2D eigenvalue weighted by Gasteiger charge is 2.17. The number of rotatable bonds is 1. The molecule has 0 aliphatic rings. The van der Waals surface area contributed by atoms with E-state index in [0.29, 0.717) is 16.7 Å². The second kappa shape index (κ2) is 4.11. The summed E-state index contributed by atoms with van der Waals surface area (Å²) >= 11 is 0. The number of aryl methyl sites for hydroxylation is 2. The van der Waals surface area contributed by atoms with E-state index in [4.69, 9.17) is 0 Å². The number of hydrogen-bond donors (Lipinski definition) is 0. The van der Waals surface area contributed by atoms with Gasteiger partial charge in [0.05, 0.1) is 5.69 Å². The van der Waals surface area contributed by atoms with Crippen molar-refractivity contribution >= 4 is 16.7 Å². The van der Waals surface area contributed by atoms with E-state index in [9.17, 15) is 14.4 Å². The molecule has 2 heterocycles. The first kappa shape index (κ1) is 13.1. The SMILES string of the molecule is CN(C)c1cc(=O)n(C)c2c1c(=O)n(C)c(=O)n2C. The highest BCUT2D eigenvalue weighted by molar-refractivity contribution is 5.88. The Hall–Kier alpha value is -2.31. The van der Waals surface area contributed by atoms with Crippen LogP contribution in [0.15, 0.2) is 20.4 Å². The molecule has 0 N–H and O–H groups in total. The van der Waals surface area contributed by atoms with Crippen LogP contribution < -0.4 is 21.7 Å². The summed E-state index contributed by atoms with van der Waals surface area (Å²) in [4.78, 5) is 37.9. The van der Waals surface area contributed by atoms with Crippen LogP contribution in [0.25, 0.3) is 11.0 Å². The Morgan fingerprint density at radius 2 is 1.53 bits per heavy atom. The van der Waals surface area contributed by atoms with Crippen molar-refractivity contribution in [3.63, 3.8) is 0 Å². The zero-order chi connectivity index (χ0) is 14.5. The van der Waals surface area contributed by atoms with Gasteiger partial charge in [-0.25, -0.2) is 4.79 Å². The van der Waals surface area contributed by atoms with E-state index in [1.54, 1.807) is 33.1 Å². The molecule has 0 fully saturated rings. The minimum absolute atomic E-state index is 0.264. The smallest absolute Gasteiger partial charge is 0.332 e. The molecule has 0 saturated carbocycles. The number of anilines is 1. The minimum Gasteiger partial charge on any atom is -0.377 e. The number of pyridine rings is 1. The van der Waals surface area contributed by atoms with Crippen LogP contribution in [0.5, 0.6) is 0 Å². The first-order valence-corrected chi connectivity index (χ1v) is 5.74. The molecule has 2 aromatic heterocycles. The summed E-state index contributed by atoms with van der Waals surface area (Å²) < 4.78 is 3.66. The Morgan fingerprint density at radius 3 is 2.05 bits per heavy atom. The largest absolute Gasteiger partial charge is 0.377 e. The second-order valence-corrected chi connectivity index (χ2v) is 4.73. The van der Waals surface area contributed by atoms with Crippen LogP contribution >= 0.6 is 0 Å². The first-order chi connectivity index (χ1) is 8.77. The summed E-state index contributed by atoms with van der Waals surface area (Å²) in [6.07, 6.45) is 0. The number of fused-ring (bicyclic) bond motifs is 1. The predicted octanol–water partition coefficient (Wildman–Crippen LogP) is -0.998. The number of nitrogens with zero attached hydrogens (tertiary/aromatic N) is 4. The summed E-state index contributed by atoms with van der Waals surface area (Å²) in [6.45, 7) is 0. The van der Waals surface area contributed by atoms with Gasteiger partial charge in [0.2, 0.25) is 0 Å². The maximum atomic E-state index is 12.3. The monoisotopic (exact) mass is 264 g/mol. The van der Waals surface area contributed by atoms with Crippen LogP contribution in [0.3, 0.4) is 0 Å². The van der Waals surface area contributed by atoms with Crippen LogP contribution in [-0.4, -0.2) is 27.8 Å². The Kier molecular flexibility index (Phi) is 2.84. The van der Waals surface area contributed by atoms with Crippen molar-refractivity contribution in [3.05, 3.63) is 37.3 Å². The highest BCUT2D eigenvalue weighted by Crippen LogP contribution is 2.18. The van der Waals surface area contributed by atoms with Gasteiger partial charge in [0.1, 0.15) is 11.0 Å². The summed E-state index contributed by atoms with van der Waals surface area (Å²) in [5.41, 5.74) is -0.293. The number of hydrogen-bond acceptors (Lipinski definition) is 4. The van der Waals surface area contributed by atoms with Gasteiger partial charge in [-0.2, -0.15) is 0 Å². The van der Waals surface area contributed by atoms with E-state index in [2.05, 4.69) is 0 Å². The molecule has 102 valence electrons. The van der Waals surface area contributed by atoms with Crippen molar-refractivity contribution in [3.8, 4) is 0 Å². The van der Waals surface area contributed by atoms with Gasteiger partial charge in [-0.05, 0) is 0 Å². The fourth-order valence-electron chi connectivity index (χ4n) is 2.19. The molecular weight excluding hydrogens is 248 g/mol. The van der Waals surface area contributed by atoms with Gasteiger partial charge in [-0.3, -0.25) is 23.3 Å². The standard InChI is InChI=1S/C12H16N4O3/c1-13(2)7-6-8(17)14(3)10-9(7)11(18)16(5)12(19)15(10)4/h6H,1-5H3. The first-order valence-electron chi connectivity index (χ1n) is 5.74. The van der Waals surface area contributed by atoms with E-state index in [1.807, 2.05) is 0 Å². The Morgan fingerprint density at radius 1 is 0.947 bits per heavy atom. The Labute approximate surface area is 108 Å². The molecule has 7 heteroatoms. The fraction of sp³-hybridized carbons (Fsp3) is 0.417. The zero-order valence-corrected chi connectivity index (χ0v) is 11.6. The number of aromatic nitrogens is 3. The second-order valence-electron chi connectivity index (χ2n) is 4.73. The third-order valence-electron chi connectivity index (χ3n) is 3.28. The van der Waals surface area contributed by atoms with E-state index in [-0.39, 0.29) is 5.56 Å². The third-order valence-corrected chi connectivity index (χ3v) is 3.28. The molecule has 2 aromatic rings. The van der Waals surface area contributed by atoms with Gasteiger partial charge in [0.15, 0.2) is 0 Å². The topological polar surface area (TPSA) is 69.2 Å². The lowest BCUT2D eigenvalue weighted by molar-refractivity contribution is 0.689. The third kappa shape index (κ3) is 1.69.